The van der Waals surface area contributed by atoms with Crippen LogP contribution < -0.4 is 20.4 Å². The third kappa shape index (κ3) is 7.56. The van der Waals surface area contributed by atoms with Crippen LogP contribution in [0.25, 0.3) is 22.3 Å². The van der Waals surface area contributed by atoms with E-state index in [1.54, 1.807) is 17.2 Å². The van der Waals surface area contributed by atoms with Gasteiger partial charge in [-0.2, -0.15) is 14.3 Å². The molecule has 7 heterocycles. The number of aromatic nitrogens is 7. The number of carbonyl (C=O) groups is 2. The Balaban J connectivity index is 0.825. The van der Waals surface area contributed by atoms with Crippen LogP contribution in [0.2, 0.25) is 0 Å². The lowest BCUT2D eigenvalue weighted by Gasteiger charge is -2.43. The highest BCUT2D eigenvalue weighted by Gasteiger charge is 2.38. The number of pyridine rings is 1. The number of piperazine rings is 1. The number of piperidine rings is 1. The van der Waals surface area contributed by atoms with Gasteiger partial charge in [-0.15, -0.1) is 0 Å². The lowest BCUT2D eigenvalue weighted by molar-refractivity contribution is -0.120. The standard InChI is InChI=1S/C39H47N13O4S/c1-26(2)52-33-21-35(43-34-9-13-40-37(44-34)28-22-42-51(25-28)57(55,56)30-7-8-30)41-23-31(33)38(46-52)49-14-10-29(11-15-49)48-19-17-47(18-20-48)24-27-5-3-4-6-32(27)50-16-12-36(53)45-39(50)54/h3-6,9,13,21-23,25-26,29-30H,7-8,10-12,14-20,24H2,1-2H3,(H,45,53,54)(H,40,41,43,44). The van der Waals surface area contributed by atoms with E-state index < -0.39 is 10.0 Å². The number of para-hydroxylation sites is 1. The second-order valence-electron chi connectivity index (χ2n) is 15.6. The van der Waals surface area contributed by atoms with Crippen molar-refractivity contribution < 1.29 is 18.0 Å². The number of nitrogens with zero attached hydrogens (tertiary/aromatic N) is 11. The second kappa shape index (κ2) is 15.1. The molecule has 4 aromatic heterocycles. The molecule has 4 fully saturated rings. The van der Waals surface area contributed by atoms with Crippen LogP contribution in [0.3, 0.4) is 0 Å². The van der Waals surface area contributed by atoms with Crippen LogP contribution in [0.1, 0.15) is 57.6 Å². The number of imide groups is 1. The van der Waals surface area contributed by atoms with Gasteiger partial charge in [0.25, 0.3) is 10.0 Å². The molecule has 5 aromatic rings. The van der Waals surface area contributed by atoms with E-state index in [0.717, 1.165) is 90.7 Å². The highest BCUT2D eigenvalue weighted by atomic mass is 32.2. The van der Waals surface area contributed by atoms with Gasteiger partial charge in [0.15, 0.2) is 11.6 Å². The summed E-state index contributed by atoms with van der Waals surface area (Å²) in [5.41, 5.74) is 3.47. The van der Waals surface area contributed by atoms with Crippen molar-refractivity contribution in [3.63, 3.8) is 0 Å². The van der Waals surface area contributed by atoms with Crippen LogP contribution in [0.5, 0.6) is 0 Å². The molecule has 0 bridgehead atoms. The molecule has 1 aliphatic carbocycles. The number of benzene rings is 1. The van der Waals surface area contributed by atoms with Crippen LogP contribution in [0.15, 0.2) is 61.2 Å². The maximum atomic E-state index is 12.6. The zero-order valence-corrected chi connectivity index (χ0v) is 33.0. The molecule has 0 atom stereocenters. The summed E-state index contributed by atoms with van der Waals surface area (Å²) in [4.78, 5) is 47.2. The number of rotatable bonds is 11. The molecule has 3 amide bonds. The molecule has 17 nitrogen and oxygen atoms in total. The summed E-state index contributed by atoms with van der Waals surface area (Å²) < 4.78 is 28.4. The molecule has 1 saturated carbocycles. The lowest BCUT2D eigenvalue weighted by Crippen LogP contribution is -2.53. The Hall–Kier alpha value is -5.46. The second-order valence-corrected chi connectivity index (χ2v) is 17.7. The van der Waals surface area contributed by atoms with Crippen LogP contribution >= 0.6 is 0 Å². The predicted octanol–water partition coefficient (Wildman–Crippen LogP) is 3.98. The number of urea groups is 1. The van der Waals surface area contributed by atoms with Crippen molar-refractivity contribution in [3.05, 3.63) is 66.7 Å². The lowest BCUT2D eigenvalue weighted by atomic mass is 10.0. The van der Waals surface area contributed by atoms with Crippen LogP contribution in [-0.4, -0.2) is 121 Å². The summed E-state index contributed by atoms with van der Waals surface area (Å²) in [7, 11) is -3.48. The van der Waals surface area contributed by atoms with E-state index in [-0.39, 0.29) is 23.2 Å². The molecule has 57 heavy (non-hydrogen) atoms. The van der Waals surface area contributed by atoms with E-state index in [2.05, 4.69) is 65.0 Å². The zero-order chi connectivity index (χ0) is 39.3. The van der Waals surface area contributed by atoms with Crippen molar-refractivity contribution in [2.24, 2.45) is 0 Å². The van der Waals surface area contributed by atoms with Gasteiger partial charge < -0.3 is 10.2 Å². The van der Waals surface area contributed by atoms with Crippen LogP contribution in [0, 0.1) is 0 Å². The largest absolute Gasteiger partial charge is 0.354 e. The zero-order valence-electron chi connectivity index (χ0n) is 32.2. The summed E-state index contributed by atoms with van der Waals surface area (Å²) in [5.74, 6) is 2.23. The molecule has 9 rings (SSSR count). The van der Waals surface area contributed by atoms with Gasteiger partial charge in [-0.25, -0.2) is 28.2 Å². The van der Waals surface area contributed by atoms with Gasteiger partial charge in [-0.05, 0) is 57.2 Å². The number of nitrogens with one attached hydrogen (secondary N) is 2. The first-order chi connectivity index (χ1) is 27.6. The number of hydrogen-bond acceptors (Lipinski definition) is 13. The average Bonchev–Trinajstić information content (AvgIpc) is 3.84. The van der Waals surface area contributed by atoms with Crippen LogP contribution in [-0.2, 0) is 21.4 Å². The molecule has 2 N–H and O–H groups in total. The number of fused-ring (bicyclic) bond motifs is 1. The van der Waals surface area contributed by atoms with Crippen molar-refractivity contribution in [1.29, 1.82) is 0 Å². The first kappa shape index (κ1) is 37.1. The Morgan fingerprint density at radius 1 is 0.912 bits per heavy atom. The maximum absolute atomic E-state index is 12.6. The van der Waals surface area contributed by atoms with E-state index in [0.29, 0.717) is 54.9 Å². The third-order valence-corrected chi connectivity index (χ3v) is 13.5. The van der Waals surface area contributed by atoms with E-state index in [4.69, 9.17) is 10.1 Å². The van der Waals surface area contributed by atoms with Gasteiger partial charge >= 0.3 is 6.03 Å². The third-order valence-electron chi connectivity index (χ3n) is 11.4. The predicted molar refractivity (Wildman–Crippen MR) is 216 cm³/mol. The Morgan fingerprint density at radius 2 is 1.70 bits per heavy atom. The van der Waals surface area contributed by atoms with Crippen molar-refractivity contribution in [3.8, 4) is 11.4 Å². The Morgan fingerprint density at radius 3 is 2.46 bits per heavy atom. The van der Waals surface area contributed by atoms with E-state index in [9.17, 15) is 18.0 Å². The van der Waals surface area contributed by atoms with Gasteiger partial charge in [-0.3, -0.25) is 29.5 Å². The molecule has 18 heteroatoms. The number of anilines is 4. The van der Waals surface area contributed by atoms with E-state index in [1.807, 2.05) is 30.5 Å². The molecule has 1 aromatic carbocycles. The number of hydrogen-bond donors (Lipinski definition) is 2. The molecule has 0 radical (unpaired) electrons. The highest BCUT2D eigenvalue weighted by Crippen LogP contribution is 2.34. The van der Waals surface area contributed by atoms with Crippen molar-refractivity contribution in [1.82, 2.24) is 49.0 Å². The molecule has 4 aliphatic rings. The minimum atomic E-state index is -3.48. The summed E-state index contributed by atoms with van der Waals surface area (Å²) in [5, 5.41) is 15.6. The summed E-state index contributed by atoms with van der Waals surface area (Å²) in [6.07, 6.45) is 10.2. The molecular formula is C39H47N13O4S. The van der Waals surface area contributed by atoms with Gasteiger partial charge in [0, 0.05) is 95.0 Å². The van der Waals surface area contributed by atoms with Crippen molar-refractivity contribution in [2.45, 2.75) is 69.8 Å². The maximum Gasteiger partial charge on any atom is 0.328 e. The minimum absolute atomic E-state index is 0.132. The fraction of sp³-hybridized carbons (Fsp3) is 0.462. The average molecular weight is 794 g/mol. The summed E-state index contributed by atoms with van der Waals surface area (Å²) in [6, 6.07) is 12.0. The molecular weight excluding hydrogens is 747 g/mol. The number of amides is 3. The Kier molecular flexibility index (Phi) is 9.86. The highest BCUT2D eigenvalue weighted by molar-refractivity contribution is 7.90. The fourth-order valence-corrected chi connectivity index (χ4v) is 9.64. The first-order valence-corrected chi connectivity index (χ1v) is 21.3. The quantitative estimate of drug-likeness (QED) is 0.196. The molecule has 298 valence electrons. The van der Waals surface area contributed by atoms with E-state index >= 15 is 0 Å². The monoisotopic (exact) mass is 793 g/mol. The fourth-order valence-electron chi connectivity index (χ4n) is 8.16. The summed E-state index contributed by atoms with van der Waals surface area (Å²) in [6.45, 7) is 11.1. The summed E-state index contributed by atoms with van der Waals surface area (Å²) >= 11 is 0. The first-order valence-electron chi connectivity index (χ1n) is 19.8. The SMILES string of the molecule is CC(C)n1nc(N2CCC(N3CCN(Cc4ccccc4N4CCC(=O)NC4=O)CC3)CC2)c2cnc(Nc3ccnc(-c4cnn(S(=O)(=O)C5CC5)c4)n3)cc21. The van der Waals surface area contributed by atoms with Gasteiger partial charge in [0.2, 0.25) is 5.91 Å². The number of carbonyl (C=O) groups excluding carboxylic acids is 2. The normalized spacial score (nSPS) is 19.1. The Bertz CT molecular complexity index is 2410. The Labute approximate surface area is 331 Å². The van der Waals surface area contributed by atoms with Crippen molar-refractivity contribution >= 4 is 56.0 Å². The van der Waals surface area contributed by atoms with Gasteiger partial charge in [0.05, 0.1) is 34.1 Å². The molecule has 3 aliphatic heterocycles. The topological polar surface area (TPSA) is 180 Å². The van der Waals surface area contributed by atoms with Gasteiger partial charge in [-0.1, -0.05) is 18.2 Å². The molecule has 0 unspecified atom stereocenters. The van der Waals surface area contributed by atoms with Crippen molar-refractivity contribution in [2.75, 3.05) is 60.9 Å². The molecule has 3 saturated heterocycles. The smallest absolute Gasteiger partial charge is 0.328 e. The van der Waals surface area contributed by atoms with Crippen LogP contribution in [0.4, 0.5) is 27.9 Å². The van der Waals surface area contributed by atoms with Gasteiger partial charge in [0.1, 0.15) is 11.6 Å². The minimum Gasteiger partial charge on any atom is -0.354 e. The van der Waals surface area contributed by atoms with E-state index in [1.165, 1.54) is 12.4 Å². The molecule has 0 spiro atoms.